The SMILES string of the molecule is CC(Sc1nc(N)c(C#N)c(-c2ccco2)c1C#N)C(=O)Nc1cccc(Cl)c1. The average Bonchev–Trinajstić information content (AvgIpc) is 3.22. The van der Waals surface area contributed by atoms with Gasteiger partial charge < -0.3 is 15.5 Å². The molecule has 0 aliphatic heterocycles. The number of furan rings is 1. The number of carbonyl (C=O) groups excluding carboxylic acids is 1. The van der Waals surface area contributed by atoms with Gasteiger partial charge in [-0.1, -0.05) is 29.4 Å². The number of pyridine rings is 1. The van der Waals surface area contributed by atoms with Crippen LogP contribution in [-0.4, -0.2) is 16.1 Å². The lowest BCUT2D eigenvalue weighted by atomic mass is 10.0. The summed E-state index contributed by atoms with van der Waals surface area (Å²) in [4.78, 5) is 16.7. The first-order valence-electron chi connectivity index (χ1n) is 8.35. The van der Waals surface area contributed by atoms with Gasteiger partial charge in [0, 0.05) is 10.7 Å². The van der Waals surface area contributed by atoms with Crippen LogP contribution >= 0.6 is 23.4 Å². The summed E-state index contributed by atoms with van der Waals surface area (Å²) in [6.45, 7) is 1.67. The molecule has 3 rings (SSSR count). The second kappa shape index (κ2) is 8.70. The number of hydrogen-bond acceptors (Lipinski definition) is 7. The van der Waals surface area contributed by atoms with Gasteiger partial charge in [0.25, 0.3) is 0 Å². The molecule has 0 saturated carbocycles. The number of hydrogen-bond donors (Lipinski definition) is 2. The van der Waals surface area contributed by atoms with Crippen molar-refractivity contribution in [2.75, 3.05) is 11.1 Å². The van der Waals surface area contributed by atoms with Gasteiger partial charge in [0.15, 0.2) is 0 Å². The standard InChI is InChI=1S/C20H14ClN5O2S/c1-11(19(27)25-13-5-2-4-12(21)8-13)29-20-15(10-23)17(16-6-3-7-28-16)14(9-22)18(24)26-20/h2-8,11H,1H3,(H2,24,26)(H,25,27). The quantitative estimate of drug-likeness (QED) is 0.580. The Hall–Kier alpha value is -3.46. The Bertz CT molecular complexity index is 1150. The van der Waals surface area contributed by atoms with Gasteiger partial charge >= 0.3 is 0 Å². The predicted molar refractivity (Wildman–Crippen MR) is 111 cm³/mol. The number of nitriles is 2. The lowest BCUT2D eigenvalue weighted by Gasteiger charge is -2.15. The van der Waals surface area contributed by atoms with Gasteiger partial charge in [-0.25, -0.2) is 4.98 Å². The molecule has 144 valence electrons. The van der Waals surface area contributed by atoms with E-state index in [1.54, 1.807) is 43.3 Å². The van der Waals surface area contributed by atoms with Gasteiger partial charge in [0.05, 0.1) is 22.6 Å². The lowest BCUT2D eigenvalue weighted by molar-refractivity contribution is -0.115. The van der Waals surface area contributed by atoms with E-state index in [0.29, 0.717) is 16.5 Å². The monoisotopic (exact) mass is 423 g/mol. The van der Waals surface area contributed by atoms with Crippen LogP contribution in [0.4, 0.5) is 11.5 Å². The third-order valence-electron chi connectivity index (χ3n) is 3.93. The van der Waals surface area contributed by atoms with Gasteiger partial charge in [-0.2, -0.15) is 10.5 Å². The van der Waals surface area contributed by atoms with Crippen LogP contribution in [0.5, 0.6) is 0 Å². The minimum Gasteiger partial charge on any atom is -0.464 e. The number of benzene rings is 1. The molecule has 3 N–H and O–H groups in total. The molecule has 2 heterocycles. The zero-order valence-corrected chi connectivity index (χ0v) is 16.7. The highest BCUT2D eigenvalue weighted by atomic mass is 35.5. The molecule has 0 aliphatic carbocycles. The zero-order valence-electron chi connectivity index (χ0n) is 15.1. The maximum absolute atomic E-state index is 12.6. The van der Waals surface area contributed by atoms with Crippen LogP contribution < -0.4 is 11.1 Å². The minimum atomic E-state index is -0.606. The number of rotatable bonds is 5. The van der Waals surface area contributed by atoms with Gasteiger partial charge in [-0.15, -0.1) is 0 Å². The summed E-state index contributed by atoms with van der Waals surface area (Å²) in [7, 11) is 0. The van der Waals surface area contributed by atoms with E-state index in [1.165, 1.54) is 6.26 Å². The normalized spacial score (nSPS) is 11.3. The molecular formula is C20H14ClN5O2S. The van der Waals surface area contributed by atoms with Crippen molar-refractivity contribution in [2.45, 2.75) is 17.2 Å². The fourth-order valence-corrected chi connectivity index (χ4v) is 3.69. The van der Waals surface area contributed by atoms with Crippen LogP contribution in [0.25, 0.3) is 11.3 Å². The Morgan fingerprint density at radius 1 is 1.28 bits per heavy atom. The van der Waals surface area contributed by atoms with Crippen molar-refractivity contribution in [3.05, 3.63) is 58.8 Å². The number of amides is 1. The number of halogens is 1. The molecule has 7 nitrogen and oxygen atoms in total. The molecule has 1 unspecified atom stereocenters. The molecule has 0 radical (unpaired) electrons. The lowest BCUT2D eigenvalue weighted by Crippen LogP contribution is -2.22. The van der Waals surface area contributed by atoms with Crippen molar-refractivity contribution < 1.29 is 9.21 Å². The van der Waals surface area contributed by atoms with Crippen LogP contribution in [0.3, 0.4) is 0 Å². The molecule has 0 saturated heterocycles. The Morgan fingerprint density at radius 2 is 2.03 bits per heavy atom. The van der Waals surface area contributed by atoms with Crippen LogP contribution in [0.2, 0.25) is 5.02 Å². The summed E-state index contributed by atoms with van der Waals surface area (Å²) in [5.74, 6) is -0.0154. The zero-order chi connectivity index (χ0) is 21.0. The van der Waals surface area contributed by atoms with Crippen molar-refractivity contribution >= 4 is 40.8 Å². The summed E-state index contributed by atoms with van der Waals surface area (Å²) in [5.41, 5.74) is 6.93. The number of aromatic nitrogens is 1. The predicted octanol–water partition coefficient (Wildman–Crippen LogP) is 4.44. The summed E-state index contributed by atoms with van der Waals surface area (Å²) >= 11 is 7.00. The fraction of sp³-hybridized carbons (Fsp3) is 0.100. The van der Waals surface area contributed by atoms with E-state index in [2.05, 4.69) is 16.4 Å². The van der Waals surface area contributed by atoms with Crippen molar-refractivity contribution in [1.29, 1.82) is 10.5 Å². The van der Waals surface area contributed by atoms with E-state index in [4.69, 9.17) is 21.8 Å². The van der Waals surface area contributed by atoms with E-state index in [0.717, 1.165) is 11.8 Å². The van der Waals surface area contributed by atoms with Crippen LogP contribution in [0.15, 0.2) is 52.1 Å². The van der Waals surface area contributed by atoms with Crippen molar-refractivity contribution in [1.82, 2.24) is 4.98 Å². The fourth-order valence-electron chi connectivity index (χ4n) is 2.58. The molecule has 9 heteroatoms. The third kappa shape index (κ3) is 4.35. The van der Waals surface area contributed by atoms with E-state index in [1.807, 2.05) is 6.07 Å². The summed E-state index contributed by atoms with van der Waals surface area (Å²) in [5, 5.41) is 22.1. The Labute approximate surface area is 176 Å². The number of nitrogens with two attached hydrogens (primary N) is 1. The van der Waals surface area contributed by atoms with E-state index in [-0.39, 0.29) is 33.4 Å². The molecule has 29 heavy (non-hydrogen) atoms. The molecule has 0 aliphatic rings. The Kier molecular flexibility index (Phi) is 6.08. The topological polar surface area (TPSA) is 129 Å². The number of anilines is 2. The average molecular weight is 424 g/mol. The molecule has 3 aromatic rings. The van der Waals surface area contributed by atoms with Gasteiger partial charge in [-0.05, 0) is 37.3 Å². The van der Waals surface area contributed by atoms with Crippen LogP contribution in [0.1, 0.15) is 18.1 Å². The van der Waals surface area contributed by atoms with Gasteiger partial charge in [0.1, 0.15) is 34.3 Å². The molecule has 1 atom stereocenters. The summed E-state index contributed by atoms with van der Waals surface area (Å²) in [6, 6.07) is 14.1. The molecule has 2 aromatic heterocycles. The first-order valence-corrected chi connectivity index (χ1v) is 9.61. The van der Waals surface area contributed by atoms with E-state index >= 15 is 0 Å². The van der Waals surface area contributed by atoms with Crippen LogP contribution in [0, 0.1) is 22.7 Å². The molecule has 1 amide bonds. The van der Waals surface area contributed by atoms with Crippen LogP contribution in [-0.2, 0) is 4.79 Å². The first kappa shape index (κ1) is 20.3. The second-order valence-electron chi connectivity index (χ2n) is 5.89. The minimum absolute atomic E-state index is 0.0390. The maximum atomic E-state index is 12.6. The highest BCUT2D eigenvalue weighted by Gasteiger charge is 2.25. The van der Waals surface area contributed by atoms with Crippen molar-refractivity contribution in [3.8, 4) is 23.5 Å². The molecule has 0 spiro atoms. The summed E-state index contributed by atoms with van der Waals surface area (Å²) in [6.07, 6.45) is 1.43. The maximum Gasteiger partial charge on any atom is 0.237 e. The third-order valence-corrected chi connectivity index (χ3v) is 5.25. The summed E-state index contributed by atoms with van der Waals surface area (Å²) < 4.78 is 5.37. The highest BCUT2D eigenvalue weighted by Crippen LogP contribution is 2.37. The van der Waals surface area contributed by atoms with E-state index in [9.17, 15) is 15.3 Å². The number of nitrogens with one attached hydrogen (secondary N) is 1. The number of carbonyl (C=O) groups is 1. The van der Waals surface area contributed by atoms with Gasteiger partial charge in [0.2, 0.25) is 5.91 Å². The molecule has 0 bridgehead atoms. The molecule has 1 aromatic carbocycles. The van der Waals surface area contributed by atoms with Gasteiger partial charge in [-0.3, -0.25) is 4.79 Å². The second-order valence-corrected chi connectivity index (χ2v) is 7.65. The molecule has 0 fully saturated rings. The van der Waals surface area contributed by atoms with Crippen molar-refractivity contribution in [3.63, 3.8) is 0 Å². The van der Waals surface area contributed by atoms with Crippen molar-refractivity contribution in [2.24, 2.45) is 0 Å². The first-order chi connectivity index (χ1) is 13.9. The highest BCUT2D eigenvalue weighted by molar-refractivity contribution is 8.00. The molecular weight excluding hydrogens is 410 g/mol. The number of thioether (sulfide) groups is 1. The Morgan fingerprint density at radius 3 is 2.66 bits per heavy atom. The number of nitrogen functional groups attached to an aromatic ring is 1. The smallest absolute Gasteiger partial charge is 0.237 e. The Balaban J connectivity index is 1.94. The largest absolute Gasteiger partial charge is 0.464 e. The van der Waals surface area contributed by atoms with E-state index < -0.39 is 5.25 Å². The number of nitrogens with zero attached hydrogens (tertiary/aromatic N) is 3.